The third-order valence-corrected chi connectivity index (χ3v) is 3.62. The monoisotopic (exact) mass is 246 g/mol. The van der Waals surface area contributed by atoms with Crippen LogP contribution >= 0.6 is 0 Å². The lowest BCUT2D eigenvalue weighted by molar-refractivity contribution is 0.106. The van der Waals surface area contributed by atoms with Gasteiger partial charge >= 0.3 is 0 Å². The van der Waals surface area contributed by atoms with Crippen molar-refractivity contribution in [2.24, 2.45) is 0 Å². The molecule has 1 heterocycles. The van der Waals surface area contributed by atoms with Crippen LogP contribution in [-0.2, 0) is 0 Å². The minimum atomic E-state index is -0.351. The average molecular weight is 246 g/mol. The zero-order chi connectivity index (χ0) is 13.1. The molecule has 1 aliphatic rings. The Hall–Kier alpha value is -1.80. The van der Waals surface area contributed by atoms with E-state index < -0.39 is 0 Å². The largest absolute Gasteiger partial charge is 0.395 e. The number of nitriles is 1. The van der Waals surface area contributed by atoms with Crippen LogP contribution < -0.4 is 10.6 Å². The van der Waals surface area contributed by atoms with Gasteiger partial charge in [-0.3, -0.25) is 0 Å². The molecule has 1 aromatic heterocycles. The number of rotatable bonds is 2. The second-order valence-corrected chi connectivity index (χ2v) is 4.74. The summed E-state index contributed by atoms with van der Waals surface area (Å²) in [7, 11) is 1.87. The number of pyridine rings is 1. The highest BCUT2D eigenvalue weighted by Crippen LogP contribution is 2.29. The summed E-state index contributed by atoms with van der Waals surface area (Å²) < 4.78 is 0. The zero-order valence-corrected chi connectivity index (χ0v) is 10.5. The standard InChI is InChI=1S/C13H18N4O/c1-17(10-4-2-3-5-11(10)18)13-12(15)9(8-14)6-7-16-13/h6-7,10-11,18H,2-5,15H2,1H3. The van der Waals surface area contributed by atoms with E-state index in [1.807, 2.05) is 11.9 Å². The van der Waals surface area contributed by atoms with Crippen molar-refractivity contribution in [1.82, 2.24) is 4.98 Å². The van der Waals surface area contributed by atoms with E-state index in [1.54, 1.807) is 12.3 Å². The molecule has 0 radical (unpaired) electrons. The van der Waals surface area contributed by atoms with Gasteiger partial charge in [0.2, 0.25) is 0 Å². The smallest absolute Gasteiger partial charge is 0.153 e. The minimum absolute atomic E-state index is 0.0301. The van der Waals surface area contributed by atoms with E-state index in [2.05, 4.69) is 11.1 Å². The van der Waals surface area contributed by atoms with E-state index in [-0.39, 0.29) is 12.1 Å². The maximum Gasteiger partial charge on any atom is 0.153 e. The zero-order valence-electron chi connectivity index (χ0n) is 10.5. The van der Waals surface area contributed by atoms with Crippen molar-refractivity contribution in [3.63, 3.8) is 0 Å². The van der Waals surface area contributed by atoms with Gasteiger partial charge in [-0.2, -0.15) is 5.26 Å². The van der Waals surface area contributed by atoms with Gasteiger partial charge in [-0.15, -0.1) is 0 Å². The first kappa shape index (κ1) is 12.7. The third-order valence-electron chi connectivity index (χ3n) is 3.62. The highest BCUT2D eigenvalue weighted by Gasteiger charge is 2.28. The Morgan fingerprint density at radius 1 is 1.50 bits per heavy atom. The Bertz CT molecular complexity index is 469. The number of nitrogen functional groups attached to an aromatic ring is 1. The van der Waals surface area contributed by atoms with Crippen LogP contribution in [0.15, 0.2) is 12.3 Å². The number of nitrogens with two attached hydrogens (primary N) is 1. The van der Waals surface area contributed by atoms with Crippen molar-refractivity contribution in [2.75, 3.05) is 17.7 Å². The van der Waals surface area contributed by atoms with E-state index >= 15 is 0 Å². The molecular weight excluding hydrogens is 228 g/mol. The van der Waals surface area contributed by atoms with Crippen molar-refractivity contribution in [3.8, 4) is 6.07 Å². The quantitative estimate of drug-likeness (QED) is 0.820. The fourth-order valence-corrected chi connectivity index (χ4v) is 2.54. The first-order valence-electron chi connectivity index (χ1n) is 6.20. The van der Waals surface area contributed by atoms with Crippen LogP contribution in [0.2, 0.25) is 0 Å². The lowest BCUT2D eigenvalue weighted by Gasteiger charge is -2.36. The SMILES string of the molecule is CN(c1nccc(C#N)c1N)C1CCCCC1O. The fraction of sp³-hybridized carbons (Fsp3) is 0.538. The Morgan fingerprint density at radius 3 is 2.89 bits per heavy atom. The molecular formula is C13H18N4O. The Kier molecular flexibility index (Phi) is 3.68. The molecule has 3 N–H and O–H groups in total. The van der Waals surface area contributed by atoms with Gasteiger partial charge in [-0.1, -0.05) is 12.8 Å². The lowest BCUT2D eigenvalue weighted by atomic mass is 9.91. The normalized spacial score (nSPS) is 23.4. The number of likely N-dealkylation sites (N-methyl/N-ethyl adjacent to an activating group) is 1. The Morgan fingerprint density at radius 2 is 2.22 bits per heavy atom. The second-order valence-electron chi connectivity index (χ2n) is 4.74. The van der Waals surface area contributed by atoms with Crippen LogP contribution in [0.3, 0.4) is 0 Å². The van der Waals surface area contributed by atoms with Gasteiger partial charge in [0.15, 0.2) is 5.82 Å². The molecule has 0 aromatic carbocycles. The highest BCUT2D eigenvalue weighted by molar-refractivity contribution is 5.70. The number of aliphatic hydroxyl groups is 1. The van der Waals surface area contributed by atoms with Gasteiger partial charge in [0, 0.05) is 13.2 Å². The number of nitrogens with zero attached hydrogens (tertiary/aromatic N) is 3. The Balaban J connectivity index is 2.28. The summed E-state index contributed by atoms with van der Waals surface area (Å²) in [4.78, 5) is 6.14. The van der Waals surface area contributed by atoms with Crippen molar-refractivity contribution in [2.45, 2.75) is 37.8 Å². The maximum absolute atomic E-state index is 10.0. The van der Waals surface area contributed by atoms with Gasteiger partial charge in [0.05, 0.1) is 23.4 Å². The lowest BCUT2D eigenvalue weighted by Crippen LogP contribution is -2.44. The molecule has 1 saturated carbocycles. The molecule has 0 amide bonds. The summed E-state index contributed by atoms with van der Waals surface area (Å²) in [5.74, 6) is 0.583. The van der Waals surface area contributed by atoms with E-state index in [1.165, 1.54) is 0 Å². The first-order valence-corrected chi connectivity index (χ1v) is 6.20. The minimum Gasteiger partial charge on any atom is -0.395 e. The molecule has 1 aliphatic carbocycles. The summed E-state index contributed by atoms with van der Waals surface area (Å²) >= 11 is 0. The molecule has 0 bridgehead atoms. The molecule has 5 nitrogen and oxygen atoms in total. The van der Waals surface area contributed by atoms with Crippen molar-refractivity contribution in [1.29, 1.82) is 5.26 Å². The summed E-state index contributed by atoms with van der Waals surface area (Å²) in [5, 5.41) is 19.0. The van der Waals surface area contributed by atoms with E-state index in [9.17, 15) is 5.11 Å². The molecule has 1 aromatic rings. The number of hydrogen-bond donors (Lipinski definition) is 2. The van der Waals surface area contributed by atoms with Crippen LogP contribution in [0.5, 0.6) is 0 Å². The van der Waals surface area contributed by atoms with Crippen LogP contribution in [-0.4, -0.2) is 29.3 Å². The van der Waals surface area contributed by atoms with Crippen molar-refractivity contribution in [3.05, 3.63) is 17.8 Å². The summed E-state index contributed by atoms with van der Waals surface area (Å²) in [6.45, 7) is 0. The maximum atomic E-state index is 10.0. The number of aromatic nitrogens is 1. The molecule has 0 aliphatic heterocycles. The molecule has 1 fully saturated rings. The summed E-state index contributed by atoms with van der Waals surface area (Å²) in [6, 6.07) is 3.68. The van der Waals surface area contributed by atoms with Crippen molar-refractivity contribution >= 4 is 11.5 Å². The Labute approximate surface area is 107 Å². The fourth-order valence-electron chi connectivity index (χ4n) is 2.54. The van der Waals surface area contributed by atoms with E-state index in [4.69, 9.17) is 11.0 Å². The average Bonchev–Trinajstić information content (AvgIpc) is 2.39. The van der Waals surface area contributed by atoms with Crippen LogP contribution in [0, 0.1) is 11.3 Å². The second kappa shape index (κ2) is 5.23. The summed E-state index contributed by atoms with van der Waals surface area (Å²) in [6.07, 6.45) is 5.13. The van der Waals surface area contributed by atoms with Gasteiger partial charge in [0.1, 0.15) is 6.07 Å². The summed E-state index contributed by atoms with van der Waals surface area (Å²) in [5.41, 5.74) is 6.76. The van der Waals surface area contributed by atoms with Gasteiger partial charge < -0.3 is 15.7 Å². The van der Waals surface area contributed by atoms with Gasteiger partial charge in [-0.05, 0) is 18.9 Å². The van der Waals surface area contributed by atoms with Crippen molar-refractivity contribution < 1.29 is 5.11 Å². The highest BCUT2D eigenvalue weighted by atomic mass is 16.3. The predicted molar refractivity (Wildman–Crippen MR) is 70.0 cm³/mol. The molecule has 0 saturated heterocycles. The van der Waals surface area contributed by atoms with Crippen LogP contribution in [0.25, 0.3) is 0 Å². The van der Waals surface area contributed by atoms with Crippen LogP contribution in [0.1, 0.15) is 31.2 Å². The number of hydrogen-bond acceptors (Lipinski definition) is 5. The van der Waals surface area contributed by atoms with Gasteiger partial charge in [-0.25, -0.2) is 4.98 Å². The molecule has 2 atom stereocenters. The number of anilines is 2. The molecule has 5 heteroatoms. The topological polar surface area (TPSA) is 86.2 Å². The molecule has 2 unspecified atom stereocenters. The van der Waals surface area contributed by atoms with Gasteiger partial charge in [0.25, 0.3) is 0 Å². The van der Waals surface area contributed by atoms with E-state index in [0.717, 1.165) is 25.7 Å². The van der Waals surface area contributed by atoms with E-state index in [0.29, 0.717) is 17.1 Å². The molecule has 0 spiro atoms. The molecule has 18 heavy (non-hydrogen) atoms. The van der Waals surface area contributed by atoms with Crippen LogP contribution in [0.4, 0.5) is 11.5 Å². The molecule has 2 rings (SSSR count). The third kappa shape index (κ3) is 2.24. The number of aliphatic hydroxyl groups excluding tert-OH is 1. The first-order chi connectivity index (χ1) is 8.65. The molecule has 96 valence electrons. The predicted octanol–water partition coefficient (Wildman–Crippen LogP) is 1.28.